The van der Waals surface area contributed by atoms with Gasteiger partial charge in [0.1, 0.15) is 17.9 Å². The predicted molar refractivity (Wildman–Crippen MR) is 78.7 cm³/mol. The minimum atomic E-state index is 0.440. The third-order valence-corrected chi connectivity index (χ3v) is 4.02. The maximum atomic E-state index is 6.08. The van der Waals surface area contributed by atoms with E-state index in [4.69, 9.17) is 22.1 Å². The molecule has 102 valence electrons. The first kappa shape index (κ1) is 11.9. The summed E-state index contributed by atoms with van der Waals surface area (Å²) in [7, 11) is 0. The maximum Gasteiger partial charge on any atom is 0.152 e. The summed E-state index contributed by atoms with van der Waals surface area (Å²) in [5.41, 5.74) is 9.76. The summed E-state index contributed by atoms with van der Waals surface area (Å²) in [5.74, 6) is 1.80. The Balaban J connectivity index is 2.24. The van der Waals surface area contributed by atoms with E-state index < -0.39 is 0 Å². The largest absolute Gasteiger partial charge is 0.382 e. The number of imidazole rings is 1. The molecule has 0 amide bonds. The van der Waals surface area contributed by atoms with Gasteiger partial charge in [-0.05, 0) is 11.6 Å². The summed E-state index contributed by atoms with van der Waals surface area (Å²) in [4.78, 5) is 9.04. The molecule has 1 aliphatic heterocycles. The number of benzene rings is 1. The van der Waals surface area contributed by atoms with Crippen LogP contribution in [0.2, 0.25) is 0 Å². The van der Waals surface area contributed by atoms with Crippen LogP contribution >= 0.6 is 11.6 Å². The van der Waals surface area contributed by atoms with Crippen molar-refractivity contribution in [2.24, 2.45) is 0 Å². The number of fused-ring (bicyclic) bond motifs is 5. The zero-order valence-electron chi connectivity index (χ0n) is 10.8. The molecule has 0 atom stereocenters. The second kappa shape index (κ2) is 4.33. The van der Waals surface area contributed by atoms with E-state index in [2.05, 4.69) is 14.5 Å². The van der Waals surface area contributed by atoms with Crippen LogP contribution in [0.3, 0.4) is 0 Å². The number of ether oxygens (including phenoxy) is 1. The molecule has 4 rings (SSSR count). The predicted octanol–water partition coefficient (Wildman–Crippen LogP) is 2.44. The Morgan fingerprint density at radius 3 is 3.10 bits per heavy atom. The fourth-order valence-electron chi connectivity index (χ4n) is 2.85. The normalized spacial score (nSPS) is 14.8. The van der Waals surface area contributed by atoms with E-state index in [1.165, 1.54) is 0 Å². The van der Waals surface area contributed by atoms with Gasteiger partial charge in [0.15, 0.2) is 5.82 Å². The van der Waals surface area contributed by atoms with Crippen molar-refractivity contribution in [3.63, 3.8) is 0 Å². The number of alkyl halides is 1. The summed E-state index contributed by atoms with van der Waals surface area (Å²) in [6, 6.07) is 5.93. The summed E-state index contributed by atoms with van der Waals surface area (Å²) in [6.45, 7) is 1.98. The van der Waals surface area contributed by atoms with Crippen LogP contribution in [0, 0.1) is 0 Å². The average Bonchev–Trinajstić information content (AvgIpc) is 2.87. The lowest BCUT2D eigenvalue weighted by Gasteiger charge is -2.16. The highest BCUT2D eigenvalue weighted by atomic mass is 35.5. The van der Waals surface area contributed by atoms with Crippen LogP contribution in [0.25, 0.3) is 21.9 Å². The van der Waals surface area contributed by atoms with Gasteiger partial charge in [-0.3, -0.25) is 0 Å². The maximum absolute atomic E-state index is 6.08. The van der Waals surface area contributed by atoms with Crippen molar-refractivity contribution in [2.75, 3.05) is 12.3 Å². The highest BCUT2D eigenvalue weighted by Crippen LogP contribution is 2.32. The molecule has 0 unspecified atom stereocenters. The van der Waals surface area contributed by atoms with Crippen molar-refractivity contribution < 1.29 is 4.74 Å². The summed E-state index contributed by atoms with van der Waals surface area (Å²) in [6.07, 6.45) is 0. The molecule has 0 saturated carbocycles. The number of anilines is 1. The molecular weight excluding hydrogens is 276 g/mol. The number of hydrogen-bond donors (Lipinski definition) is 1. The van der Waals surface area contributed by atoms with Gasteiger partial charge in [-0.25, -0.2) is 9.97 Å². The molecule has 0 fully saturated rings. The van der Waals surface area contributed by atoms with Crippen LogP contribution in [-0.2, 0) is 23.8 Å². The molecule has 0 saturated heterocycles. The number of nitrogens with zero attached hydrogens (tertiary/aromatic N) is 3. The zero-order chi connectivity index (χ0) is 13.7. The van der Waals surface area contributed by atoms with Gasteiger partial charge in [0.05, 0.1) is 17.6 Å². The minimum Gasteiger partial charge on any atom is -0.382 e. The molecule has 0 radical (unpaired) electrons. The summed E-state index contributed by atoms with van der Waals surface area (Å²) in [5, 5.41) is 1.05. The van der Waals surface area contributed by atoms with Gasteiger partial charge in [-0.15, -0.1) is 11.6 Å². The SMILES string of the molecule is Nc1nc2cccc(CCl)c2c2c1nc1n2CCOC1. The van der Waals surface area contributed by atoms with E-state index in [0.29, 0.717) is 24.9 Å². The van der Waals surface area contributed by atoms with Crippen LogP contribution < -0.4 is 5.73 Å². The van der Waals surface area contributed by atoms with Gasteiger partial charge in [0.25, 0.3) is 0 Å². The number of pyridine rings is 1. The van der Waals surface area contributed by atoms with Crippen LogP contribution in [-0.4, -0.2) is 21.1 Å². The van der Waals surface area contributed by atoms with Crippen molar-refractivity contribution in [2.45, 2.75) is 19.0 Å². The Morgan fingerprint density at radius 1 is 1.35 bits per heavy atom. The lowest BCUT2D eigenvalue weighted by molar-refractivity contribution is 0.0831. The van der Waals surface area contributed by atoms with Crippen molar-refractivity contribution in [3.05, 3.63) is 29.6 Å². The fourth-order valence-corrected chi connectivity index (χ4v) is 3.07. The van der Waals surface area contributed by atoms with Crippen LogP contribution in [0.5, 0.6) is 0 Å². The molecule has 0 aliphatic carbocycles. The summed E-state index contributed by atoms with van der Waals surface area (Å²) >= 11 is 6.08. The Bertz CT molecular complexity index is 827. The monoisotopic (exact) mass is 288 g/mol. The van der Waals surface area contributed by atoms with E-state index in [-0.39, 0.29) is 0 Å². The second-order valence-corrected chi connectivity index (χ2v) is 5.14. The van der Waals surface area contributed by atoms with Gasteiger partial charge >= 0.3 is 0 Å². The first-order valence-electron chi connectivity index (χ1n) is 6.49. The molecule has 0 spiro atoms. The number of hydrogen-bond acceptors (Lipinski definition) is 4. The van der Waals surface area contributed by atoms with Crippen LogP contribution in [0.4, 0.5) is 5.82 Å². The molecular formula is C14H13ClN4O. The molecule has 20 heavy (non-hydrogen) atoms. The fraction of sp³-hybridized carbons (Fsp3) is 0.286. The molecule has 3 heterocycles. The highest BCUT2D eigenvalue weighted by Gasteiger charge is 2.20. The standard InChI is InChI=1S/C14H13ClN4O/c15-6-8-2-1-3-9-11(8)13-12(14(16)17-9)18-10-7-20-5-4-19(10)13/h1-3H,4-7H2,(H2,16,17). The molecule has 3 aromatic rings. The number of halogens is 1. The van der Waals surface area contributed by atoms with E-state index in [0.717, 1.165) is 39.9 Å². The Morgan fingerprint density at radius 2 is 2.25 bits per heavy atom. The van der Waals surface area contributed by atoms with Crippen molar-refractivity contribution in [3.8, 4) is 0 Å². The Hall–Kier alpha value is -1.85. The molecule has 2 aromatic heterocycles. The van der Waals surface area contributed by atoms with E-state index in [1.54, 1.807) is 0 Å². The first-order chi connectivity index (χ1) is 9.79. The second-order valence-electron chi connectivity index (χ2n) is 4.87. The van der Waals surface area contributed by atoms with Gasteiger partial charge in [0.2, 0.25) is 0 Å². The smallest absolute Gasteiger partial charge is 0.152 e. The molecule has 1 aromatic carbocycles. The lowest BCUT2D eigenvalue weighted by atomic mass is 10.1. The lowest BCUT2D eigenvalue weighted by Crippen LogP contribution is -2.16. The summed E-state index contributed by atoms with van der Waals surface area (Å²) < 4.78 is 7.64. The van der Waals surface area contributed by atoms with Gasteiger partial charge in [-0.2, -0.15) is 0 Å². The number of nitrogen functional groups attached to an aromatic ring is 1. The molecule has 2 N–H and O–H groups in total. The van der Waals surface area contributed by atoms with E-state index in [9.17, 15) is 0 Å². The number of aromatic nitrogens is 3. The minimum absolute atomic E-state index is 0.440. The topological polar surface area (TPSA) is 66.0 Å². The van der Waals surface area contributed by atoms with Gasteiger partial charge in [0, 0.05) is 17.8 Å². The van der Waals surface area contributed by atoms with Crippen LogP contribution in [0.1, 0.15) is 11.4 Å². The van der Waals surface area contributed by atoms with Gasteiger partial charge in [-0.1, -0.05) is 12.1 Å². The Labute approximate surface area is 120 Å². The number of rotatable bonds is 1. The zero-order valence-corrected chi connectivity index (χ0v) is 11.5. The molecule has 0 bridgehead atoms. The third kappa shape index (κ3) is 1.53. The highest BCUT2D eigenvalue weighted by molar-refractivity contribution is 6.19. The van der Waals surface area contributed by atoms with Crippen molar-refractivity contribution >= 4 is 39.4 Å². The van der Waals surface area contributed by atoms with E-state index in [1.807, 2.05) is 18.2 Å². The van der Waals surface area contributed by atoms with Crippen molar-refractivity contribution in [1.29, 1.82) is 0 Å². The number of nitrogens with two attached hydrogens (primary N) is 1. The molecule has 1 aliphatic rings. The van der Waals surface area contributed by atoms with Crippen molar-refractivity contribution in [1.82, 2.24) is 14.5 Å². The Kier molecular flexibility index (Phi) is 2.58. The molecule has 5 nitrogen and oxygen atoms in total. The quantitative estimate of drug-likeness (QED) is 0.699. The average molecular weight is 289 g/mol. The van der Waals surface area contributed by atoms with Crippen LogP contribution in [0.15, 0.2) is 18.2 Å². The van der Waals surface area contributed by atoms with E-state index >= 15 is 0 Å². The third-order valence-electron chi connectivity index (χ3n) is 3.73. The molecule has 6 heteroatoms. The first-order valence-corrected chi connectivity index (χ1v) is 7.03. The van der Waals surface area contributed by atoms with Gasteiger partial charge < -0.3 is 15.0 Å².